The van der Waals surface area contributed by atoms with Crippen molar-refractivity contribution in [3.8, 4) is 17.3 Å². The molecule has 2 aliphatic rings. The van der Waals surface area contributed by atoms with Crippen LogP contribution in [0.5, 0.6) is 0 Å². The van der Waals surface area contributed by atoms with E-state index < -0.39 is 43.4 Å². The highest BCUT2D eigenvalue weighted by Crippen LogP contribution is 2.40. The largest absolute Gasteiger partial charge is 0.465 e. The van der Waals surface area contributed by atoms with Crippen LogP contribution >= 0.6 is 0 Å². The van der Waals surface area contributed by atoms with Gasteiger partial charge in [0.25, 0.3) is 0 Å². The number of benzene rings is 1. The lowest BCUT2D eigenvalue weighted by molar-refractivity contribution is -0.139. The summed E-state index contributed by atoms with van der Waals surface area (Å²) in [6, 6.07) is 6.91. The summed E-state index contributed by atoms with van der Waals surface area (Å²) in [5, 5.41) is 21.9. The number of carboxylic acid groups (broad SMARTS) is 1. The van der Waals surface area contributed by atoms with E-state index in [0.717, 1.165) is 12.1 Å². The van der Waals surface area contributed by atoms with Crippen LogP contribution in [0.15, 0.2) is 29.2 Å². The van der Waals surface area contributed by atoms with Crippen LogP contribution < -0.4 is 5.32 Å². The molecule has 2 aliphatic carbocycles. The average Bonchev–Trinajstić information content (AvgIpc) is 3.23. The number of amides is 1. The summed E-state index contributed by atoms with van der Waals surface area (Å²) in [5.74, 6) is 0. The summed E-state index contributed by atoms with van der Waals surface area (Å²) in [6.07, 6.45) is -3.82. The summed E-state index contributed by atoms with van der Waals surface area (Å²) in [7, 11) is -1.02. The topological polar surface area (TPSA) is 134 Å². The van der Waals surface area contributed by atoms with E-state index in [-0.39, 0.29) is 18.1 Å². The van der Waals surface area contributed by atoms with Gasteiger partial charge in [-0.1, -0.05) is 6.07 Å². The van der Waals surface area contributed by atoms with Gasteiger partial charge in [-0.15, -0.1) is 0 Å². The number of alkyl halides is 3. The molecular weight excluding hydrogens is 501 g/mol. The smallest absolute Gasteiger partial charge is 0.417 e. The molecule has 2 aromatic rings. The molecule has 2 saturated carbocycles. The van der Waals surface area contributed by atoms with E-state index in [1.165, 1.54) is 17.9 Å². The molecule has 2 atom stereocenters. The molecule has 0 bridgehead atoms. The van der Waals surface area contributed by atoms with Crippen molar-refractivity contribution in [2.75, 3.05) is 7.11 Å². The number of aryl methyl sites for hydroxylation is 2. The number of halogens is 3. The van der Waals surface area contributed by atoms with E-state index in [9.17, 15) is 26.4 Å². The van der Waals surface area contributed by atoms with E-state index in [4.69, 9.17) is 15.1 Å². The Balaban J connectivity index is 0.000000338. The van der Waals surface area contributed by atoms with Crippen LogP contribution in [0.3, 0.4) is 0 Å². The van der Waals surface area contributed by atoms with Gasteiger partial charge in [0, 0.05) is 19.7 Å². The summed E-state index contributed by atoms with van der Waals surface area (Å²) < 4.78 is 73.6. The third kappa shape index (κ3) is 5.99. The first kappa shape index (κ1) is 27.5. The second-order valence-corrected chi connectivity index (χ2v) is 11.2. The maximum atomic E-state index is 13.7. The molecule has 2 N–H and O–H groups in total. The number of sulfone groups is 1. The lowest BCUT2D eigenvalue weighted by Crippen LogP contribution is -2.33. The average molecular weight is 529 g/mol. The van der Waals surface area contributed by atoms with Gasteiger partial charge in [0.05, 0.1) is 39.3 Å². The predicted molar refractivity (Wildman–Crippen MR) is 123 cm³/mol. The van der Waals surface area contributed by atoms with Crippen LogP contribution in [-0.4, -0.2) is 53.4 Å². The third-order valence-corrected chi connectivity index (χ3v) is 8.58. The van der Waals surface area contributed by atoms with Crippen molar-refractivity contribution >= 4 is 15.9 Å². The molecule has 196 valence electrons. The Morgan fingerprint density at radius 2 is 1.97 bits per heavy atom. The maximum absolute atomic E-state index is 13.7. The van der Waals surface area contributed by atoms with Crippen LogP contribution in [0.1, 0.15) is 43.4 Å². The van der Waals surface area contributed by atoms with Gasteiger partial charge in [-0.3, -0.25) is 4.68 Å². The Kier molecular flexibility index (Phi) is 7.71. The molecule has 2 fully saturated rings. The molecule has 13 heteroatoms. The summed E-state index contributed by atoms with van der Waals surface area (Å²) in [6.45, 7) is 1.74. The van der Waals surface area contributed by atoms with Gasteiger partial charge in [-0.05, 0) is 57.2 Å². The number of methoxy groups -OCH3 is 1. The number of aromatic nitrogens is 2. The highest BCUT2D eigenvalue weighted by atomic mass is 32.2. The first-order valence-electron chi connectivity index (χ1n) is 11.1. The highest BCUT2D eigenvalue weighted by Gasteiger charge is 2.45. The molecule has 9 nitrogen and oxygen atoms in total. The zero-order valence-corrected chi connectivity index (χ0v) is 20.8. The number of ether oxygens (including phenoxy) is 1. The number of nitriles is 1. The molecule has 1 aromatic heterocycles. The Morgan fingerprint density at radius 1 is 1.31 bits per heavy atom. The van der Waals surface area contributed by atoms with Gasteiger partial charge >= 0.3 is 12.3 Å². The minimum Gasteiger partial charge on any atom is -0.465 e. The van der Waals surface area contributed by atoms with Crippen molar-refractivity contribution in [3.05, 3.63) is 35.5 Å². The minimum atomic E-state index is -4.79. The van der Waals surface area contributed by atoms with Gasteiger partial charge in [-0.25, -0.2) is 13.2 Å². The van der Waals surface area contributed by atoms with Gasteiger partial charge in [0.15, 0.2) is 9.84 Å². The number of carbonyl (C=O) groups is 1. The van der Waals surface area contributed by atoms with Crippen LogP contribution in [-0.2, 0) is 27.8 Å². The zero-order valence-electron chi connectivity index (χ0n) is 20.0. The van der Waals surface area contributed by atoms with E-state index in [1.54, 1.807) is 20.0 Å². The normalized spacial score (nSPS) is 20.7. The lowest BCUT2D eigenvalue weighted by Gasteiger charge is -2.18. The Bertz CT molecular complexity index is 1280. The molecule has 0 spiro atoms. The Morgan fingerprint density at radius 3 is 2.39 bits per heavy atom. The molecule has 4 rings (SSSR count). The van der Waals surface area contributed by atoms with Crippen molar-refractivity contribution < 1.29 is 36.2 Å². The lowest BCUT2D eigenvalue weighted by atomic mass is 10.1. The molecule has 0 radical (unpaired) electrons. The quantitative estimate of drug-likeness (QED) is 0.598. The monoisotopic (exact) mass is 528 g/mol. The van der Waals surface area contributed by atoms with Crippen LogP contribution in [0, 0.1) is 18.3 Å². The first-order valence-corrected chi connectivity index (χ1v) is 12.7. The van der Waals surface area contributed by atoms with E-state index in [1.807, 2.05) is 6.07 Å². The predicted octanol–water partition coefficient (Wildman–Crippen LogP) is 4.07. The van der Waals surface area contributed by atoms with Gasteiger partial charge in [0.1, 0.15) is 5.54 Å². The van der Waals surface area contributed by atoms with Gasteiger partial charge in [-0.2, -0.15) is 23.5 Å². The Labute approximate surface area is 206 Å². The fourth-order valence-corrected chi connectivity index (χ4v) is 6.22. The molecular formula is C23H27F3N4O5S. The standard InChI is InChI=1S/C18H21F3N2O3S.C5H6N2O2/c1-11-8-16(23(2)22-11)12-4-7-17(15(9-12)18(19,20)21)27(24,25)14-6-5-13(10-14)26-3;6-3-5(1-2-5)7-4(8)9/h4,7-9,13-14H,5-6,10H2,1-3H3;7H,1-2H2,(H,8,9)/t13-,14-;/m1./s1. The third-order valence-electron chi connectivity index (χ3n) is 6.31. The Hall–Kier alpha value is -3.11. The number of hydrogen-bond acceptors (Lipinski definition) is 6. The zero-order chi connectivity index (χ0) is 26.9. The second-order valence-electron chi connectivity index (χ2n) is 8.97. The van der Waals surface area contributed by atoms with Gasteiger partial charge < -0.3 is 15.2 Å². The van der Waals surface area contributed by atoms with Crippen LogP contribution in [0.2, 0.25) is 0 Å². The molecule has 0 unspecified atom stereocenters. The summed E-state index contributed by atoms with van der Waals surface area (Å²) >= 11 is 0. The highest BCUT2D eigenvalue weighted by molar-refractivity contribution is 7.92. The van der Waals surface area contributed by atoms with Crippen LogP contribution in [0.25, 0.3) is 11.3 Å². The van der Waals surface area contributed by atoms with Gasteiger partial charge in [0.2, 0.25) is 0 Å². The number of nitrogens with zero attached hydrogens (tertiary/aromatic N) is 3. The molecule has 1 aromatic carbocycles. The molecule has 0 saturated heterocycles. The minimum absolute atomic E-state index is 0.207. The van der Waals surface area contributed by atoms with E-state index >= 15 is 0 Å². The molecule has 1 heterocycles. The summed E-state index contributed by atoms with van der Waals surface area (Å²) in [4.78, 5) is 9.28. The number of nitrogens with one attached hydrogen (secondary N) is 1. The number of hydrogen-bond donors (Lipinski definition) is 2. The van der Waals surface area contributed by atoms with Crippen molar-refractivity contribution in [2.45, 2.75) is 67.0 Å². The fourth-order valence-electron chi connectivity index (χ4n) is 4.21. The van der Waals surface area contributed by atoms with Crippen molar-refractivity contribution in [2.24, 2.45) is 7.05 Å². The molecule has 1 amide bonds. The number of rotatable bonds is 5. The molecule has 36 heavy (non-hydrogen) atoms. The SMILES string of the molecule is CO[C@@H]1CC[C@@H](S(=O)(=O)c2ccc(-c3cc(C)nn3C)cc2C(F)(F)F)C1.N#CC1(NC(=O)O)CC1. The van der Waals surface area contributed by atoms with Crippen molar-refractivity contribution in [3.63, 3.8) is 0 Å². The maximum Gasteiger partial charge on any atom is 0.417 e. The first-order chi connectivity index (χ1) is 16.7. The van der Waals surface area contributed by atoms with Crippen molar-refractivity contribution in [1.29, 1.82) is 5.26 Å². The molecule has 0 aliphatic heterocycles. The van der Waals surface area contributed by atoms with Crippen LogP contribution in [0.4, 0.5) is 18.0 Å². The van der Waals surface area contributed by atoms with E-state index in [0.29, 0.717) is 37.1 Å². The van der Waals surface area contributed by atoms with Crippen molar-refractivity contribution in [1.82, 2.24) is 15.1 Å². The second kappa shape index (κ2) is 10.1. The van der Waals surface area contributed by atoms with E-state index in [2.05, 4.69) is 10.4 Å². The fraction of sp³-hybridized carbons (Fsp3) is 0.522. The summed E-state index contributed by atoms with van der Waals surface area (Å²) in [5.41, 5.74) is -0.451.